The summed E-state index contributed by atoms with van der Waals surface area (Å²) >= 11 is 5.78. The normalized spacial score (nSPS) is 10.9. The molecule has 17 heavy (non-hydrogen) atoms. The predicted octanol–water partition coefficient (Wildman–Crippen LogP) is 4.19. The quantitative estimate of drug-likeness (QED) is 0.681. The third kappa shape index (κ3) is 1.92. The van der Waals surface area contributed by atoms with Gasteiger partial charge in [0.1, 0.15) is 0 Å². The van der Waals surface area contributed by atoms with Crippen molar-refractivity contribution in [2.45, 2.75) is 6.92 Å². The number of aryl methyl sites for hydroxylation is 1. The first-order valence-electron chi connectivity index (χ1n) is 5.44. The van der Waals surface area contributed by atoms with Crippen molar-refractivity contribution < 1.29 is 0 Å². The van der Waals surface area contributed by atoms with Crippen molar-refractivity contribution >= 4 is 22.4 Å². The standard InChI is InChI=1S/C14H11ClN2/c1-9-2-3-11-7-12(5-4-10(11)6-9)13-8-16-14(15)17-13/h2-8H,1H3,(H,16,17). The number of nitrogens with zero attached hydrogens (tertiary/aromatic N) is 1. The number of H-pyrrole nitrogens is 1. The van der Waals surface area contributed by atoms with Crippen LogP contribution in [0.4, 0.5) is 0 Å². The molecule has 0 aliphatic rings. The molecule has 0 saturated heterocycles. The summed E-state index contributed by atoms with van der Waals surface area (Å²) in [5.74, 6) is 0. The van der Waals surface area contributed by atoms with Crippen LogP contribution in [0.2, 0.25) is 5.28 Å². The van der Waals surface area contributed by atoms with Crippen LogP contribution >= 0.6 is 11.6 Å². The van der Waals surface area contributed by atoms with Crippen molar-refractivity contribution in [3.05, 3.63) is 53.4 Å². The van der Waals surface area contributed by atoms with Gasteiger partial charge >= 0.3 is 0 Å². The van der Waals surface area contributed by atoms with Crippen LogP contribution in [0.1, 0.15) is 5.56 Å². The number of nitrogens with one attached hydrogen (secondary N) is 1. The van der Waals surface area contributed by atoms with Gasteiger partial charge in [0.15, 0.2) is 5.28 Å². The minimum atomic E-state index is 0.420. The Morgan fingerprint density at radius 3 is 2.59 bits per heavy atom. The summed E-state index contributed by atoms with van der Waals surface area (Å²) in [7, 11) is 0. The smallest absolute Gasteiger partial charge is 0.200 e. The second-order valence-electron chi connectivity index (χ2n) is 4.15. The molecule has 0 aliphatic carbocycles. The number of rotatable bonds is 1. The van der Waals surface area contributed by atoms with E-state index in [-0.39, 0.29) is 0 Å². The van der Waals surface area contributed by atoms with Gasteiger partial charge in [-0.25, -0.2) is 4.98 Å². The van der Waals surface area contributed by atoms with Gasteiger partial charge in [-0.1, -0.05) is 35.9 Å². The van der Waals surface area contributed by atoms with E-state index in [2.05, 4.69) is 53.3 Å². The van der Waals surface area contributed by atoms with Crippen molar-refractivity contribution in [1.29, 1.82) is 0 Å². The SMILES string of the molecule is Cc1ccc2cc(-c3cnc(Cl)[nH]3)ccc2c1. The first-order chi connectivity index (χ1) is 8.22. The first-order valence-corrected chi connectivity index (χ1v) is 5.81. The van der Waals surface area contributed by atoms with Crippen molar-refractivity contribution in [3.8, 4) is 11.3 Å². The van der Waals surface area contributed by atoms with E-state index in [1.54, 1.807) is 6.20 Å². The largest absolute Gasteiger partial charge is 0.329 e. The Balaban J connectivity index is 2.16. The zero-order valence-electron chi connectivity index (χ0n) is 9.37. The van der Waals surface area contributed by atoms with Gasteiger partial charge in [-0.15, -0.1) is 0 Å². The molecule has 0 spiro atoms. The number of fused-ring (bicyclic) bond motifs is 1. The van der Waals surface area contributed by atoms with E-state index in [0.29, 0.717) is 5.28 Å². The maximum atomic E-state index is 5.78. The molecule has 0 saturated carbocycles. The summed E-state index contributed by atoms with van der Waals surface area (Å²) < 4.78 is 0. The summed E-state index contributed by atoms with van der Waals surface area (Å²) in [5.41, 5.74) is 3.31. The van der Waals surface area contributed by atoms with Gasteiger partial charge < -0.3 is 4.98 Å². The molecule has 0 radical (unpaired) electrons. The number of benzene rings is 2. The van der Waals surface area contributed by atoms with Gasteiger partial charge in [-0.2, -0.15) is 0 Å². The molecular formula is C14H11ClN2. The van der Waals surface area contributed by atoms with E-state index >= 15 is 0 Å². The number of halogens is 1. The Morgan fingerprint density at radius 1 is 1.06 bits per heavy atom. The molecule has 0 unspecified atom stereocenters. The maximum absolute atomic E-state index is 5.78. The molecule has 2 nitrogen and oxygen atoms in total. The molecule has 0 atom stereocenters. The molecule has 1 aromatic heterocycles. The molecule has 3 rings (SSSR count). The molecule has 1 heterocycles. The van der Waals surface area contributed by atoms with Crippen molar-refractivity contribution in [2.24, 2.45) is 0 Å². The molecular weight excluding hydrogens is 232 g/mol. The lowest BCUT2D eigenvalue weighted by Crippen LogP contribution is -1.80. The lowest BCUT2D eigenvalue weighted by molar-refractivity contribution is 1.31. The van der Waals surface area contributed by atoms with Crippen LogP contribution < -0.4 is 0 Å². The lowest BCUT2D eigenvalue weighted by atomic mass is 10.0. The summed E-state index contributed by atoms with van der Waals surface area (Å²) in [6.45, 7) is 2.10. The number of imidazole rings is 1. The van der Waals surface area contributed by atoms with E-state index in [1.165, 1.54) is 16.3 Å². The second-order valence-corrected chi connectivity index (χ2v) is 4.51. The fourth-order valence-electron chi connectivity index (χ4n) is 1.98. The summed E-state index contributed by atoms with van der Waals surface area (Å²) in [5, 5.41) is 2.89. The molecule has 0 aliphatic heterocycles. The molecule has 3 aromatic rings. The van der Waals surface area contributed by atoms with E-state index < -0.39 is 0 Å². The summed E-state index contributed by atoms with van der Waals surface area (Å²) in [6, 6.07) is 12.8. The van der Waals surface area contributed by atoms with Gasteiger partial charge in [0.25, 0.3) is 0 Å². The van der Waals surface area contributed by atoms with Crippen molar-refractivity contribution in [2.75, 3.05) is 0 Å². The molecule has 1 N–H and O–H groups in total. The minimum Gasteiger partial charge on any atom is -0.329 e. The van der Waals surface area contributed by atoms with Crippen LogP contribution in [0.3, 0.4) is 0 Å². The summed E-state index contributed by atoms with van der Waals surface area (Å²) in [6.07, 6.45) is 1.75. The van der Waals surface area contributed by atoms with Gasteiger partial charge in [0.2, 0.25) is 0 Å². The second kappa shape index (κ2) is 3.90. The van der Waals surface area contributed by atoms with Crippen LogP contribution in [0.25, 0.3) is 22.0 Å². The van der Waals surface area contributed by atoms with Crippen LogP contribution in [-0.4, -0.2) is 9.97 Å². The Labute approximate surface area is 104 Å². The molecule has 2 aromatic carbocycles. The Morgan fingerprint density at radius 2 is 1.82 bits per heavy atom. The van der Waals surface area contributed by atoms with E-state index in [1.807, 2.05) is 0 Å². The zero-order chi connectivity index (χ0) is 11.8. The van der Waals surface area contributed by atoms with Gasteiger partial charge in [0.05, 0.1) is 11.9 Å². The molecule has 84 valence electrons. The Hall–Kier alpha value is -1.80. The van der Waals surface area contributed by atoms with Crippen molar-refractivity contribution in [3.63, 3.8) is 0 Å². The Bertz CT molecular complexity index is 686. The average Bonchev–Trinajstić information content (AvgIpc) is 2.75. The van der Waals surface area contributed by atoms with Gasteiger partial charge in [-0.05, 0) is 35.4 Å². The fourth-order valence-corrected chi connectivity index (χ4v) is 2.13. The monoisotopic (exact) mass is 242 g/mol. The fraction of sp³-hybridized carbons (Fsp3) is 0.0714. The third-order valence-electron chi connectivity index (χ3n) is 2.85. The van der Waals surface area contributed by atoms with E-state index in [4.69, 9.17) is 11.6 Å². The maximum Gasteiger partial charge on any atom is 0.200 e. The molecule has 0 bridgehead atoms. The topological polar surface area (TPSA) is 28.7 Å². The average molecular weight is 243 g/mol. The minimum absolute atomic E-state index is 0.420. The van der Waals surface area contributed by atoms with Crippen LogP contribution in [-0.2, 0) is 0 Å². The van der Waals surface area contributed by atoms with E-state index in [0.717, 1.165) is 11.3 Å². The number of aromatic amines is 1. The summed E-state index contributed by atoms with van der Waals surface area (Å²) in [4.78, 5) is 7.02. The number of aromatic nitrogens is 2. The number of hydrogen-bond acceptors (Lipinski definition) is 1. The predicted molar refractivity (Wildman–Crippen MR) is 71.3 cm³/mol. The highest BCUT2D eigenvalue weighted by molar-refractivity contribution is 6.28. The highest BCUT2D eigenvalue weighted by atomic mass is 35.5. The molecule has 0 amide bonds. The molecule has 0 fully saturated rings. The van der Waals surface area contributed by atoms with Crippen LogP contribution in [0.5, 0.6) is 0 Å². The van der Waals surface area contributed by atoms with E-state index in [9.17, 15) is 0 Å². The molecule has 3 heteroatoms. The van der Waals surface area contributed by atoms with Gasteiger partial charge in [0, 0.05) is 5.56 Å². The van der Waals surface area contributed by atoms with Crippen LogP contribution in [0.15, 0.2) is 42.6 Å². The Kier molecular flexibility index (Phi) is 2.37. The van der Waals surface area contributed by atoms with Crippen molar-refractivity contribution in [1.82, 2.24) is 9.97 Å². The van der Waals surface area contributed by atoms with Crippen LogP contribution in [0, 0.1) is 6.92 Å². The van der Waals surface area contributed by atoms with Gasteiger partial charge in [-0.3, -0.25) is 0 Å². The highest BCUT2D eigenvalue weighted by Crippen LogP contribution is 2.24. The number of hydrogen-bond donors (Lipinski definition) is 1. The zero-order valence-corrected chi connectivity index (χ0v) is 10.1. The third-order valence-corrected chi connectivity index (χ3v) is 3.04. The lowest BCUT2D eigenvalue weighted by Gasteiger charge is -2.02. The first kappa shape index (κ1) is 10.4. The highest BCUT2D eigenvalue weighted by Gasteiger charge is 2.02.